The van der Waals surface area contributed by atoms with Crippen molar-refractivity contribution >= 4 is 0 Å². The third-order valence-corrected chi connectivity index (χ3v) is 6.64. The molecule has 0 radical (unpaired) electrons. The van der Waals surface area contributed by atoms with Crippen LogP contribution in [0.3, 0.4) is 0 Å². The Morgan fingerprint density at radius 2 is 1.86 bits per heavy atom. The molecule has 0 saturated heterocycles. The van der Waals surface area contributed by atoms with Gasteiger partial charge in [-0.15, -0.1) is 0 Å². The van der Waals surface area contributed by atoms with E-state index in [4.69, 9.17) is 0 Å². The number of rotatable bonds is 3. The summed E-state index contributed by atoms with van der Waals surface area (Å²) in [6, 6.07) is 0. The van der Waals surface area contributed by atoms with E-state index in [0.717, 1.165) is 18.4 Å². The molecular weight excluding hydrogens is 272 g/mol. The van der Waals surface area contributed by atoms with Crippen LogP contribution in [0.5, 0.6) is 0 Å². The van der Waals surface area contributed by atoms with Gasteiger partial charge >= 0.3 is 0 Å². The van der Waals surface area contributed by atoms with E-state index in [0.29, 0.717) is 6.42 Å². The van der Waals surface area contributed by atoms with E-state index in [2.05, 4.69) is 40.3 Å². The van der Waals surface area contributed by atoms with Crippen molar-refractivity contribution in [3.63, 3.8) is 0 Å². The van der Waals surface area contributed by atoms with Crippen LogP contribution < -0.4 is 0 Å². The van der Waals surface area contributed by atoms with Crippen LogP contribution >= 0.6 is 0 Å². The van der Waals surface area contributed by atoms with Gasteiger partial charge in [-0.3, -0.25) is 0 Å². The van der Waals surface area contributed by atoms with Crippen molar-refractivity contribution in [2.75, 3.05) is 0 Å². The van der Waals surface area contributed by atoms with E-state index in [-0.39, 0.29) is 22.7 Å². The average molecular weight is 306 g/mol. The number of hydrogen-bond donors (Lipinski definition) is 2. The average Bonchev–Trinajstić information content (AvgIpc) is 2.34. The monoisotopic (exact) mass is 306 g/mol. The van der Waals surface area contributed by atoms with Crippen LogP contribution in [0.1, 0.15) is 66.7 Å². The van der Waals surface area contributed by atoms with Gasteiger partial charge in [-0.25, -0.2) is 0 Å². The highest BCUT2D eigenvalue weighted by atomic mass is 16.3. The molecule has 22 heavy (non-hydrogen) atoms. The van der Waals surface area contributed by atoms with Gasteiger partial charge in [0.25, 0.3) is 0 Å². The van der Waals surface area contributed by atoms with Crippen LogP contribution in [0.15, 0.2) is 24.3 Å². The Balaban J connectivity index is 2.42. The molecule has 0 aromatic rings. The highest BCUT2D eigenvalue weighted by Gasteiger charge is 2.60. The van der Waals surface area contributed by atoms with E-state index in [1.54, 1.807) is 0 Å². The van der Waals surface area contributed by atoms with Gasteiger partial charge in [0.2, 0.25) is 0 Å². The largest absolute Gasteiger partial charge is 0.393 e. The van der Waals surface area contributed by atoms with Gasteiger partial charge in [0.1, 0.15) is 0 Å². The molecule has 2 N–H and O–H groups in total. The fourth-order valence-electron chi connectivity index (χ4n) is 5.78. The van der Waals surface area contributed by atoms with E-state index in [1.807, 2.05) is 13.0 Å². The first kappa shape index (κ1) is 17.7. The van der Waals surface area contributed by atoms with E-state index in [1.165, 1.54) is 12.8 Å². The summed E-state index contributed by atoms with van der Waals surface area (Å²) in [6.07, 6.45) is 8.47. The highest BCUT2D eigenvalue weighted by molar-refractivity contribution is 5.16. The lowest BCUT2D eigenvalue weighted by Gasteiger charge is -2.62. The summed E-state index contributed by atoms with van der Waals surface area (Å²) in [7, 11) is 0. The van der Waals surface area contributed by atoms with Crippen molar-refractivity contribution in [1.82, 2.24) is 0 Å². The van der Waals surface area contributed by atoms with Crippen molar-refractivity contribution in [3.05, 3.63) is 24.3 Å². The van der Waals surface area contributed by atoms with Crippen molar-refractivity contribution < 1.29 is 10.2 Å². The van der Waals surface area contributed by atoms with Gasteiger partial charge in [0.15, 0.2) is 0 Å². The molecule has 5 atom stereocenters. The molecule has 0 aromatic carbocycles. The molecule has 0 heterocycles. The lowest BCUT2D eigenvalue weighted by atomic mass is 9.44. The Hall–Kier alpha value is -0.600. The van der Waals surface area contributed by atoms with Crippen LogP contribution in [0.4, 0.5) is 0 Å². The molecule has 2 nitrogen and oxygen atoms in total. The Bertz CT molecular complexity index is 460. The van der Waals surface area contributed by atoms with Gasteiger partial charge in [-0.1, -0.05) is 51.5 Å². The quantitative estimate of drug-likeness (QED) is 0.755. The van der Waals surface area contributed by atoms with E-state index in [9.17, 15) is 10.2 Å². The summed E-state index contributed by atoms with van der Waals surface area (Å²) in [5.74, 6) is 0.444. The first-order valence-corrected chi connectivity index (χ1v) is 8.74. The molecule has 2 aliphatic rings. The Morgan fingerprint density at radius 1 is 1.23 bits per heavy atom. The molecule has 0 unspecified atom stereocenters. The van der Waals surface area contributed by atoms with Crippen molar-refractivity contribution in [2.45, 2.75) is 78.4 Å². The van der Waals surface area contributed by atoms with Gasteiger partial charge in [0, 0.05) is 6.42 Å². The molecule has 0 aromatic heterocycles. The van der Waals surface area contributed by atoms with Gasteiger partial charge in [-0.05, 0) is 55.8 Å². The smallest absolute Gasteiger partial charge is 0.0680 e. The Morgan fingerprint density at radius 3 is 2.45 bits per heavy atom. The highest BCUT2D eigenvalue weighted by Crippen LogP contribution is 2.62. The fraction of sp³-hybridized carbons (Fsp3) is 0.800. The number of fused-ring (bicyclic) bond motifs is 1. The van der Waals surface area contributed by atoms with Gasteiger partial charge in [-0.2, -0.15) is 0 Å². The summed E-state index contributed by atoms with van der Waals surface area (Å²) in [6.45, 7) is 14.7. The molecule has 2 heteroatoms. The Kier molecular flexibility index (Phi) is 4.68. The minimum Gasteiger partial charge on any atom is -0.393 e. The van der Waals surface area contributed by atoms with Gasteiger partial charge < -0.3 is 10.2 Å². The molecule has 2 rings (SSSR count). The molecule has 0 bridgehead atoms. The SMILES string of the molecule is C=C/C(C)=C/C[C@@H]1[C@@]2(C)CCCC(C)(C)[C@@H]2[C@H](O)C[C@@]1(C)O. The van der Waals surface area contributed by atoms with Crippen LogP contribution in [0, 0.1) is 22.7 Å². The first-order chi connectivity index (χ1) is 10.0. The molecule has 2 saturated carbocycles. The first-order valence-electron chi connectivity index (χ1n) is 8.74. The van der Waals surface area contributed by atoms with E-state index < -0.39 is 11.7 Å². The van der Waals surface area contributed by atoms with Gasteiger partial charge in [0.05, 0.1) is 11.7 Å². The normalized spacial score (nSPS) is 45.2. The predicted octanol–water partition coefficient (Wildman–Crippen LogP) is 4.47. The topological polar surface area (TPSA) is 40.5 Å². The zero-order valence-corrected chi connectivity index (χ0v) is 15.0. The zero-order valence-electron chi connectivity index (χ0n) is 15.0. The molecule has 0 amide bonds. The van der Waals surface area contributed by atoms with Crippen molar-refractivity contribution in [2.24, 2.45) is 22.7 Å². The lowest BCUT2D eigenvalue weighted by molar-refractivity contribution is -0.211. The number of aliphatic hydroxyl groups is 2. The second-order valence-electron chi connectivity index (χ2n) is 8.89. The number of hydrogen-bond acceptors (Lipinski definition) is 2. The maximum absolute atomic E-state index is 11.0. The summed E-state index contributed by atoms with van der Waals surface area (Å²) >= 11 is 0. The summed E-state index contributed by atoms with van der Waals surface area (Å²) in [5, 5.41) is 21.8. The summed E-state index contributed by atoms with van der Waals surface area (Å²) in [5.41, 5.74) is 0.479. The van der Waals surface area contributed by atoms with Crippen LogP contribution in [0.2, 0.25) is 0 Å². The molecular formula is C20H34O2. The summed E-state index contributed by atoms with van der Waals surface area (Å²) < 4.78 is 0. The standard InChI is InChI=1S/C20H34O2/c1-7-14(2)9-10-16-19(5)12-8-11-18(3,4)17(19)15(21)13-20(16,6)22/h7,9,15-17,21-22H,1,8,10-13H2,2-6H3/b14-9+/t15-,16-,17+,19-,20-/m1/s1. The summed E-state index contributed by atoms with van der Waals surface area (Å²) in [4.78, 5) is 0. The second kappa shape index (κ2) is 5.79. The lowest BCUT2D eigenvalue weighted by Crippen LogP contribution is -2.62. The maximum Gasteiger partial charge on any atom is 0.0680 e. The molecule has 2 aliphatic carbocycles. The van der Waals surface area contributed by atoms with Crippen LogP contribution in [0.25, 0.3) is 0 Å². The minimum atomic E-state index is -0.809. The fourth-order valence-corrected chi connectivity index (χ4v) is 5.78. The second-order valence-corrected chi connectivity index (χ2v) is 8.89. The Labute approximate surface area is 136 Å². The third-order valence-electron chi connectivity index (χ3n) is 6.64. The molecule has 0 aliphatic heterocycles. The zero-order chi connectivity index (χ0) is 16.8. The van der Waals surface area contributed by atoms with Crippen molar-refractivity contribution in [3.8, 4) is 0 Å². The van der Waals surface area contributed by atoms with Crippen LogP contribution in [-0.2, 0) is 0 Å². The third kappa shape index (κ3) is 2.92. The minimum absolute atomic E-state index is 0.0130. The predicted molar refractivity (Wildman–Crippen MR) is 92.5 cm³/mol. The molecule has 126 valence electrons. The van der Waals surface area contributed by atoms with E-state index >= 15 is 0 Å². The van der Waals surface area contributed by atoms with Crippen molar-refractivity contribution in [1.29, 1.82) is 0 Å². The molecule has 0 spiro atoms. The van der Waals surface area contributed by atoms with Crippen LogP contribution in [-0.4, -0.2) is 21.9 Å². The number of aliphatic hydroxyl groups excluding tert-OH is 1. The molecule has 2 fully saturated rings. The number of allylic oxidation sites excluding steroid dienone is 3. The maximum atomic E-state index is 11.0.